The fraction of sp³-hybridized carbons (Fsp3) is 0.318. The van der Waals surface area contributed by atoms with Gasteiger partial charge >= 0.3 is 12.0 Å². The topological polar surface area (TPSA) is 87.7 Å². The minimum atomic E-state index is -0.829. The second kappa shape index (κ2) is 9.73. The van der Waals surface area contributed by atoms with Crippen molar-refractivity contribution >= 4 is 23.6 Å². The Morgan fingerprint density at radius 1 is 1.07 bits per heavy atom. The average Bonchev–Trinajstić information content (AvgIpc) is 3.16. The fourth-order valence-corrected chi connectivity index (χ4v) is 3.35. The lowest BCUT2D eigenvalue weighted by atomic mass is 10.1. The van der Waals surface area contributed by atoms with Gasteiger partial charge in [0.2, 0.25) is 0 Å². The van der Waals surface area contributed by atoms with Crippen molar-refractivity contribution in [3.63, 3.8) is 0 Å². The Labute approximate surface area is 170 Å². The van der Waals surface area contributed by atoms with Gasteiger partial charge in [0.25, 0.3) is 5.91 Å². The van der Waals surface area contributed by atoms with Crippen LogP contribution in [-0.2, 0) is 20.7 Å². The molecule has 29 heavy (non-hydrogen) atoms. The molecule has 1 heterocycles. The van der Waals surface area contributed by atoms with Crippen molar-refractivity contribution in [1.82, 2.24) is 10.6 Å². The Morgan fingerprint density at radius 3 is 2.55 bits per heavy atom. The van der Waals surface area contributed by atoms with Crippen molar-refractivity contribution in [3.05, 3.63) is 65.7 Å². The summed E-state index contributed by atoms with van der Waals surface area (Å²) < 4.78 is 4.84. The van der Waals surface area contributed by atoms with Crippen LogP contribution in [0, 0.1) is 0 Å². The zero-order chi connectivity index (χ0) is 20.6. The van der Waals surface area contributed by atoms with Gasteiger partial charge in [0.1, 0.15) is 6.04 Å². The lowest BCUT2D eigenvalue weighted by Crippen LogP contribution is -2.46. The molecule has 3 rings (SSSR count). The summed E-state index contributed by atoms with van der Waals surface area (Å²) in [5.74, 6) is -0.571. The summed E-state index contributed by atoms with van der Waals surface area (Å²) in [6.45, 7) is 2.73. The van der Waals surface area contributed by atoms with Crippen molar-refractivity contribution in [2.24, 2.45) is 0 Å². The van der Waals surface area contributed by atoms with Crippen molar-refractivity contribution in [1.29, 1.82) is 0 Å². The molecule has 1 aliphatic rings. The maximum absolute atomic E-state index is 13.3. The monoisotopic (exact) mass is 395 g/mol. The standard InChI is InChI=1S/C22H25N3O4/c1-2-29-19(26)12-14-23-22(28)24-20(17-9-4-3-5-10-17)21(27)25-15-13-16-8-6-7-11-18(16)25/h3-11,20H,2,12-15H2,1H3,(H2,23,24,28)/t20-/m1/s1. The van der Waals surface area contributed by atoms with E-state index in [1.54, 1.807) is 11.8 Å². The summed E-state index contributed by atoms with van der Waals surface area (Å²) in [5.41, 5.74) is 2.69. The van der Waals surface area contributed by atoms with Gasteiger partial charge in [-0.2, -0.15) is 0 Å². The van der Waals surface area contributed by atoms with Crippen LogP contribution in [0.15, 0.2) is 54.6 Å². The van der Waals surface area contributed by atoms with E-state index in [4.69, 9.17) is 4.74 Å². The molecule has 0 radical (unpaired) electrons. The van der Waals surface area contributed by atoms with Crippen LogP contribution in [0.5, 0.6) is 0 Å². The SMILES string of the molecule is CCOC(=O)CCNC(=O)N[C@@H](C(=O)N1CCc2ccccc21)c1ccccc1. The molecule has 7 heteroatoms. The third kappa shape index (κ3) is 5.13. The highest BCUT2D eigenvalue weighted by Gasteiger charge is 2.32. The number of nitrogens with zero attached hydrogens (tertiary/aromatic N) is 1. The smallest absolute Gasteiger partial charge is 0.315 e. The molecule has 2 N–H and O–H groups in total. The van der Waals surface area contributed by atoms with Crippen molar-refractivity contribution in [2.45, 2.75) is 25.8 Å². The maximum Gasteiger partial charge on any atom is 0.315 e. The fourth-order valence-electron chi connectivity index (χ4n) is 3.35. The average molecular weight is 395 g/mol. The van der Waals surface area contributed by atoms with Gasteiger partial charge in [0, 0.05) is 18.8 Å². The van der Waals surface area contributed by atoms with Crippen molar-refractivity contribution < 1.29 is 19.1 Å². The molecule has 0 unspecified atom stereocenters. The Morgan fingerprint density at radius 2 is 1.79 bits per heavy atom. The highest BCUT2D eigenvalue weighted by atomic mass is 16.5. The van der Waals surface area contributed by atoms with Gasteiger partial charge in [-0.25, -0.2) is 4.79 Å². The molecule has 1 aliphatic heterocycles. The molecule has 0 aromatic heterocycles. The van der Waals surface area contributed by atoms with Gasteiger partial charge in [-0.05, 0) is 30.5 Å². The first kappa shape index (κ1) is 20.4. The van der Waals surface area contributed by atoms with E-state index in [9.17, 15) is 14.4 Å². The minimum Gasteiger partial charge on any atom is -0.466 e. The van der Waals surface area contributed by atoms with Gasteiger partial charge in [-0.3, -0.25) is 9.59 Å². The highest BCUT2D eigenvalue weighted by Crippen LogP contribution is 2.30. The Bertz CT molecular complexity index is 869. The predicted molar refractivity (Wildman–Crippen MR) is 109 cm³/mol. The number of esters is 1. The Hall–Kier alpha value is -3.35. The summed E-state index contributed by atoms with van der Waals surface area (Å²) in [6.07, 6.45) is 0.861. The second-order valence-corrected chi connectivity index (χ2v) is 6.67. The van der Waals surface area contributed by atoms with Crippen LogP contribution in [0.4, 0.5) is 10.5 Å². The first-order chi connectivity index (χ1) is 14.1. The number of ether oxygens (including phenoxy) is 1. The maximum atomic E-state index is 13.3. The van der Waals surface area contributed by atoms with E-state index in [0.29, 0.717) is 18.7 Å². The second-order valence-electron chi connectivity index (χ2n) is 6.67. The number of nitrogens with one attached hydrogen (secondary N) is 2. The van der Waals surface area contributed by atoms with Crippen molar-refractivity contribution in [3.8, 4) is 0 Å². The summed E-state index contributed by atoms with van der Waals surface area (Å²) in [7, 11) is 0. The molecule has 1 atom stereocenters. The molecular formula is C22H25N3O4. The number of fused-ring (bicyclic) bond motifs is 1. The number of carbonyl (C=O) groups is 3. The van der Waals surface area contributed by atoms with E-state index in [0.717, 1.165) is 17.7 Å². The van der Waals surface area contributed by atoms with Gasteiger partial charge in [0.15, 0.2) is 0 Å². The first-order valence-electron chi connectivity index (χ1n) is 9.74. The summed E-state index contributed by atoms with van der Waals surface area (Å²) >= 11 is 0. The zero-order valence-electron chi connectivity index (χ0n) is 16.4. The van der Waals surface area contributed by atoms with Crippen LogP contribution < -0.4 is 15.5 Å². The molecular weight excluding hydrogens is 370 g/mol. The number of amides is 3. The van der Waals surface area contributed by atoms with E-state index in [2.05, 4.69) is 10.6 Å². The van der Waals surface area contributed by atoms with E-state index in [-0.39, 0.29) is 24.8 Å². The third-order valence-corrected chi connectivity index (χ3v) is 4.73. The van der Waals surface area contributed by atoms with Crippen LogP contribution >= 0.6 is 0 Å². The molecule has 0 saturated heterocycles. The van der Waals surface area contributed by atoms with E-state index in [1.807, 2.05) is 54.6 Å². The van der Waals surface area contributed by atoms with Crippen LogP contribution in [0.1, 0.15) is 30.5 Å². The number of benzene rings is 2. The molecule has 2 aromatic carbocycles. The van der Waals surface area contributed by atoms with Crippen LogP contribution in [-0.4, -0.2) is 37.6 Å². The number of rotatable bonds is 7. The predicted octanol–water partition coefficient (Wildman–Crippen LogP) is 2.57. The van der Waals surface area contributed by atoms with Gasteiger partial charge in [0.05, 0.1) is 13.0 Å². The molecule has 0 spiro atoms. The molecule has 0 saturated carbocycles. The molecule has 3 amide bonds. The largest absolute Gasteiger partial charge is 0.466 e. The molecule has 0 bridgehead atoms. The Balaban J connectivity index is 1.70. The lowest BCUT2D eigenvalue weighted by molar-refractivity contribution is -0.142. The van der Waals surface area contributed by atoms with Gasteiger partial charge in [-0.1, -0.05) is 48.5 Å². The van der Waals surface area contributed by atoms with Gasteiger partial charge in [-0.15, -0.1) is 0 Å². The number of urea groups is 1. The number of hydrogen-bond acceptors (Lipinski definition) is 4. The van der Waals surface area contributed by atoms with Crippen LogP contribution in [0.25, 0.3) is 0 Å². The van der Waals surface area contributed by atoms with E-state index < -0.39 is 12.1 Å². The van der Waals surface area contributed by atoms with E-state index >= 15 is 0 Å². The molecule has 0 aliphatic carbocycles. The summed E-state index contributed by atoms with van der Waals surface area (Å²) in [5, 5.41) is 5.37. The molecule has 0 fully saturated rings. The van der Waals surface area contributed by atoms with Crippen LogP contribution in [0.3, 0.4) is 0 Å². The number of hydrogen-bond donors (Lipinski definition) is 2. The third-order valence-electron chi connectivity index (χ3n) is 4.73. The molecule has 2 aromatic rings. The first-order valence-corrected chi connectivity index (χ1v) is 9.74. The van der Waals surface area contributed by atoms with E-state index in [1.165, 1.54) is 0 Å². The quantitative estimate of drug-likeness (QED) is 0.706. The normalized spacial score (nSPS) is 13.3. The summed E-state index contributed by atoms with van der Waals surface area (Å²) in [4.78, 5) is 38.8. The van der Waals surface area contributed by atoms with Crippen molar-refractivity contribution in [2.75, 3.05) is 24.6 Å². The zero-order valence-corrected chi connectivity index (χ0v) is 16.4. The Kier molecular flexibility index (Phi) is 6.84. The number of anilines is 1. The van der Waals surface area contributed by atoms with Gasteiger partial charge < -0.3 is 20.3 Å². The summed E-state index contributed by atoms with van der Waals surface area (Å²) in [6, 6.07) is 15.6. The number of para-hydroxylation sites is 1. The van der Waals surface area contributed by atoms with Crippen LogP contribution in [0.2, 0.25) is 0 Å². The molecule has 7 nitrogen and oxygen atoms in total. The molecule has 152 valence electrons. The lowest BCUT2D eigenvalue weighted by Gasteiger charge is -2.25. The minimum absolute atomic E-state index is 0.0741. The highest BCUT2D eigenvalue weighted by molar-refractivity contribution is 6.01. The number of carbonyl (C=O) groups excluding carboxylic acids is 3.